The molecule has 4 bridgehead atoms. The normalized spacial score (nSPS) is 18.4. The number of carbonyl (C=O) groups is 3. The van der Waals surface area contributed by atoms with Crippen LogP contribution in [0.5, 0.6) is 11.5 Å². The maximum atomic E-state index is 16.1. The Balaban J connectivity index is 1.68. The van der Waals surface area contributed by atoms with Crippen LogP contribution in [0.1, 0.15) is 54.1 Å². The van der Waals surface area contributed by atoms with Crippen LogP contribution in [-0.2, 0) is 19.1 Å². The quantitative estimate of drug-likeness (QED) is 0.0757. The fourth-order valence-corrected chi connectivity index (χ4v) is 6.62. The first-order valence-corrected chi connectivity index (χ1v) is 16.9. The van der Waals surface area contributed by atoms with Gasteiger partial charge in [0.1, 0.15) is 35.8 Å². The zero-order valence-electron chi connectivity index (χ0n) is 29.2. The molecule has 52 heavy (non-hydrogen) atoms. The molecule has 2 heterocycles. The highest BCUT2D eigenvalue weighted by atomic mass is 19.4. The van der Waals surface area contributed by atoms with Gasteiger partial charge in [0.15, 0.2) is 0 Å². The maximum Gasteiger partial charge on any atom is 0.416 e. The molecule has 2 aliphatic heterocycles. The molecule has 0 aliphatic carbocycles. The van der Waals surface area contributed by atoms with Gasteiger partial charge in [-0.3, -0.25) is 19.3 Å². The lowest BCUT2D eigenvalue weighted by Gasteiger charge is -2.35. The molecule has 8 nitrogen and oxygen atoms in total. The fraction of sp³-hybridized carbons (Fsp3) is 0.359. The standard InChI is InChI=1S/C39H40F5N3O5/c1-5-51-34(49)19-32-30-18-27(16-24(3)36(30)41)35-23(2)8-6-11-33(35)52-29-10-7-9-25(17-29)37(38(50)45-32)46(4)20-26(12-14-47-21-28(40)22-47)31(13-15-48)39(42,43)44/h6-11,13,15-18,20,28,32,37H,5,12,14,19,21-22H2,1-4H3,(H,45,50)/b26-20-,31-13+/t32-,37?/m0/s1. The molecule has 0 saturated carbocycles. The number of halogens is 5. The number of aryl methyl sites for hydroxylation is 2. The number of amides is 1. The molecule has 13 heteroatoms. The minimum atomic E-state index is -4.93. The number of nitrogens with one attached hydrogen (secondary N) is 1. The fourth-order valence-electron chi connectivity index (χ4n) is 6.62. The second-order valence-electron chi connectivity index (χ2n) is 12.9. The zero-order chi connectivity index (χ0) is 37.7. The number of fused-ring (bicyclic) bond motifs is 6. The van der Waals surface area contributed by atoms with Gasteiger partial charge < -0.3 is 19.7 Å². The number of alkyl halides is 4. The number of likely N-dealkylation sites (N-methyl/N-ethyl adjacent to an activating group) is 1. The summed E-state index contributed by atoms with van der Waals surface area (Å²) >= 11 is 0. The minimum Gasteiger partial charge on any atom is -0.466 e. The first-order chi connectivity index (χ1) is 24.7. The van der Waals surface area contributed by atoms with Crippen LogP contribution in [-0.4, -0.2) is 73.6 Å². The summed E-state index contributed by atoms with van der Waals surface area (Å²) in [5.74, 6) is -1.39. The van der Waals surface area contributed by atoms with Crippen LogP contribution in [0.4, 0.5) is 22.0 Å². The van der Waals surface area contributed by atoms with E-state index in [9.17, 15) is 31.9 Å². The highest BCUT2D eigenvalue weighted by Gasteiger charge is 2.38. The molecule has 0 spiro atoms. The summed E-state index contributed by atoms with van der Waals surface area (Å²) in [7, 11) is 1.40. The molecular formula is C39H40F5N3O5. The first-order valence-electron chi connectivity index (χ1n) is 16.9. The lowest BCUT2D eigenvalue weighted by Crippen LogP contribution is -2.48. The first kappa shape index (κ1) is 38.2. The van der Waals surface area contributed by atoms with Crippen LogP contribution in [0.2, 0.25) is 0 Å². The molecule has 2 atom stereocenters. The summed E-state index contributed by atoms with van der Waals surface area (Å²) < 4.78 is 84.2. The molecule has 1 saturated heterocycles. The largest absolute Gasteiger partial charge is 0.466 e. The number of aldehydes is 1. The summed E-state index contributed by atoms with van der Waals surface area (Å²) in [6.07, 6.45) is -5.08. The predicted molar refractivity (Wildman–Crippen MR) is 185 cm³/mol. The molecule has 276 valence electrons. The summed E-state index contributed by atoms with van der Waals surface area (Å²) in [6.45, 7) is 5.29. The number of nitrogens with zero attached hydrogens (tertiary/aromatic N) is 2. The summed E-state index contributed by atoms with van der Waals surface area (Å²) in [4.78, 5) is 41.7. The number of hydrogen-bond donors (Lipinski definition) is 1. The van der Waals surface area contributed by atoms with E-state index in [0.717, 1.165) is 11.8 Å². The summed E-state index contributed by atoms with van der Waals surface area (Å²) in [5.41, 5.74) is 1.06. The van der Waals surface area contributed by atoms with Crippen LogP contribution in [0.25, 0.3) is 11.1 Å². The molecule has 3 aromatic rings. The van der Waals surface area contributed by atoms with E-state index in [-0.39, 0.29) is 55.6 Å². The number of carbonyl (C=O) groups excluding carboxylic acids is 3. The lowest BCUT2D eigenvalue weighted by molar-refractivity contribution is -0.144. The third kappa shape index (κ3) is 8.70. The molecule has 0 radical (unpaired) electrons. The number of benzene rings is 3. The Bertz CT molecular complexity index is 1890. The second-order valence-corrected chi connectivity index (χ2v) is 12.9. The van der Waals surface area contributed by atoms with Crippen molar-refractivity contribution in [2.24, 2.45) is 0 Å². The van der Waals surface area contributed by atoms with Crippen molar-refractivity contribution in [2.75, 3.05) is 33.3 Å². The number of hydrogen-bond acceptors (Lipinski definition) is 7. The van der Waals surface area contributed by atoms with E-state index in [0.29, 0.717) is 34.3 Å². The predicted octanol–water partition coefficient (Wildman–Crippen LogP) is 7.61. The van der Waals surface area contributed by atoms with Crippen molar-refractivity contribution in [1.29, 1.82) is 0 Å². The van der Waals surface area contributed by atoms with Gasteiger partial charge in [0.05, 0.1) is 24.6 Å². The van der Waals surface area contributed by atoms with Gasteiger partial charge in [0.25, 0.3) is 0 Å². The number of allylic oxidation sites excluding steroid dienone is 2. The smallest absolute Gasteiger partial charge is 0.416 e. The Morgan fingerprint density at radius 1 is 1.10 bits per heavy atom. The van der Waals surface area contributed by atoms with Crippen molar-refractivity contribution in [3.63, 3.8) is 0 Å². The number of ether oxygens (including phenoxy) is 2. The maximum absolute atomic E-state index is 16.1. The molecule has 2 aliphatic rings. The van der Waals surface area contributed by atoms with E-state index >= 15 is 4.39 Å². The molecule has 1 N–H and O–H groups in total. The van der Waals surface area contributed by atoms with E-state index < -0.39 is 54.1 Å². The van der Waals surface area contributed by atoms with Gasteiger partial charge in [0, 0.05) is 44.0 Å². The van der Waals surface area contributed by atoms with Crippen molar-refractivity contribution in [1.82, 2.24) is 15.1 Å². The summed E-state index contributed by atoms with van der Waals surface area (Å²) in [6, 6.07) is 12.5. The van der Waals surface area contributed by atoms with Crippen molar-refractivity contribution in [3.8, 4) is 22.6 Å². The third-order valence-electron chi connectivity index (χ3n) is 9.09. The highest BCUT2D eigenvalue weighted by molar-refractivity contribution is 5.85. The van der Waals surface area contributed by atoms with Gasteiger partial charge in [-0.05, 0) is 91.4 Å². The Morgan fingerprint density at radius 3 is 2.50 bits per heavy atom. The van der Waals surface area contributed by atoms with Crippen LogP contribution < -0.4 is 10.1 Å². The highest BCUT2D eigenvalue weighted by Crippen LogP contribution is 2.41. The van der Waals surface area contributed by atoms with Crippen LogP contribution in [0.3, 0.4) is 0 Å². The third-order valence-corrected chi connectivity index (χ3v) is 9.09. The van der Waals surface area contributed by atoms with E-state index in [1.807, 2.05) is 13.0 Å². The SMILES string of the molecule is CCOC(=O)C[C@@H]1NC(=O)C(N(C)/C=C(CCN2CC(F)C2)\C(=C/C=O)C(F)(F)F)c2cccc(c2)Oc2cccc(C)c2-c2cc(C)c(F)c1c2. The molecule has 1 amide bonds. The molecule has 5 rings (SSSR count). The van der Waals surface area contributed by atoms with Gasteiger partial charge in [-0.1, -0.05) is 24.3 Å². The molecular weight excluding hydrogens is 685 g/mol. The topological polar surface area (TPSA) is 88.2 Å². The van der Waals surface area contributed by atoms with Gasteiger partial charge >= 0.3 is 12.1 Å². The van der Waals surface area contributed by atoms with Crippen molar-refractivity contribution < 1.29 is 45.8 Å². The average Bonchev–Trinajstić information content (AvgIpc) is 3.05. The van der Waals surface area contributed by atoms with E-state index in [4.69, 9.17) is 9.47 Å². The molecule has 1 unspecified atom stereocenters. The summed E-state index contributed by atoms with van der Waals surface area (Å²) in [5, 5.41) is 2.80. The Morgan fingerprint density at radius 2 is 1.83 bits per heavy atom. The Hall–Kier alpha value is -5.04. The van der Waals surface area contributed by atoms with Crippen LogP contribution >= 0.6 is 0 Å². The molecule has 0 aromatic heterocycles. The van der Waals surface area contributed by atoms with Gasteiger partial charge in [-0.2, -0.15) is 13.2 Å². The Labute approximate surface area is 298 Å². The Kier molecular flexibility index (Phi) is 11.8. The van der Waals surface area contributed by atoms with Gasteiger partial charge in [0.2, 0.25) is 5.91 Å². The van der Waals surface area contributed by atoms with Gasteiger partial charge in [-0.25, -0.2) is 8.78 Å². The van der Waals surface area contributed by atoms with Crippen molar-refractivity contribution >= 4 is 18.2 Å². The number of rotatable bonds is 10. The van der Waals surface area contributed by atoms with Crippen LogP contribution in [0.15, 0.2) is 78.0 Å². The van der Waals surface area contributed by atoms with E-state index in [1.54, 1.807) is 67.3 Å². The molecule has 3 aromatic carbocycles. The lowest BCUT2D eigenvalue weighted by atomic mass is 9.92. The average molecular weight is 726 g/mol. The molecule has 1 fully saturated rings. The van der Waals surface area contributed by atoms with E-state index in [2.05, 4.69) is 5.32 Å². The van der Waals surface area contributed by atoms with Crippen molar-refractivity contribution in [3.05, 3.63) is 106 Å². The number of esters is 1. The van der Waals surface area contributed by atoms with Crippen molar-refractivity contribution in [2.45, 2.75) is 58.0 Å². The van der Waals surface area contributed by atoms with Gasteiger partial charge in [-0.15, -0.1) is 0 Å². The number of likely N-dealkylation sites (tertiary alicyclic amines) is 1. The van der Waals surface area contributed by atoms with E-state index in [1.165, 1.54) is 11.9 Å². The monoisotopic (exact) mass is 725 g/mol. The second kappa shape index (κ2) is 16.1. The van der Waals surface area contributed by atoms with Crippen LogP contribution in [0, 0.1) is 19.7 Å². The zero-order valence-corrected chi connectivity index (χ0v) is 29.2. The minimum absolute atomic E-state index is 0.00295.